The van der Waals surface area contributed by atoms with Gasteiger partial charge in [0, 0.05) is 43.0 Å². The molecule has 0 bridgehead atoms. The molecule has 2 heterocycles. The van der Waals surface area contributed by atoms with E-state index in [1.807, 2.05) is 18.2 Å². The number of nitrogens with one attached hydrogen (secondary N) is 1. The molecule has 6 nitrogen and oxygen atoms in total. The fraction of sp³-hybridized carbons (Fsp3) is 0.353. The number of amides is 1. The quantitative estimate of drug-likeness (QED) is 0.917. The van der Waals surface area contributed by atoms with Crippen LogP contribution in [0.15, 0.2) is 41.0 Å². The van der Waals surface area contributed by atoms with Gasteiger partial charge in [0.25, 0.3) is 5.91 Å². The minimum absolute atomic E-state index is 0.0878. The van der Waals surface area contributed by atoms with Crippen molar-refractivity contribution in [2.24, 2.45) is 0 Å². The molecule has 0 radical (unpaired) electrons. The Morgan fingerprint density at radius 3 is 2.61 bits per heavy atom. The van der Waals surface area contributed by atoms with E-state index >= 15 is 0 Å². The van der Waals surface area contributed by atoms with Gasteiger partial charge in [-0.25, -0.2) is 0 Å². The molecule has 0 unspecified atom stereocenters. The zero-order valence-electron chi connectivity index (χ0n) is 13.2. The molecule has 0 saturated carbocycles. The SMILES string of the molecule is COc1cc(OC)cc(N2CC[C@H](NC(=O)c3ccco3)C2)c1. The van der Waals surface area contributed by atoms with Crippen LogP contribution in [0.25, 0.3) is 0 Å². The fourth-order valence-electron chi connectivity index (χ4n) is 2.75. The first-order chi connectivity index (χ1) is 11.2. The summed E-state index contributed by atoms with van der Waals surface area (Å²) in [5.41, 5.74) is 1.02. The molecular formula is C17H20N2O4. The summed E-state index contributed by atoms with van der Waals surface area (Å²) in [6, 6.07) is 9.24. The van der Waals surface area contributed by atoms with Crippen molar-refractivity contribution >= 4 is 11.6 Å². The Labute approximate surface area is 135 Å². The molecule has 1 amide bonds. The number of hydrogen-bond donors (Lipinski definition) is 1. The molecule has 1 saturated heterocycles. The summed E-state index contributed by atoms with van der Waals surface area (Å²) in [7, 11) is 3.27. The highest BCUT2D eigenvalue weighted by Crippen LogP contribution is 2.30. The maximum Gasteiger partial charge on any atom is 0.287 e. The normalized spacial score (nSPS) is 17.1. The Morgan fingerprint density at radius 2 is 2.00 bits per heavy atom. The average molecular weight is 316 g/mol. The number of benzene rings is 1. The van der Waals surface area contributed by atoms with Gasteiger partial charge in [-0.15, -0.1) is 0 Å². The van der Waals surface area contributed by atoms with Crippen molar-refractivity contribution < 1.29 is 18.7 Å². The number of ether oxygens (including phenoxy) is 2. The van der Waals surface area contributed by atoms with Gasteiger partial charge in [-0.1, -0.05) is 0 Å². The standard InChI is InChI=1S/C17H20N2O4/c1-21-14-8-13(9-15(10-14)22-2)19-6-5-12(11-19)18-17(20)16-4-3-7-23-16/h3-4,7-10,12H,5-6,11H2,1-2H3,(H,18,20)/t12-/m0/s1. The van der Waals surface area contributed by atoms with Crippen molar-refractivity contribution in [3.8, 4) is 11.5 Å². The first kappa shape index (κ1) is 15.3. The molecule has 23 heavy (non-hydrogen) atoms. The second kappa shape index (κ2) is 6.64. The average Bonchev–Trinajstić information content (AvgIpc) is 3.26. The van der Waals surface area contributed by atoms with Gasteiger partial charge in [0.2, 0.25) is 0 Å². The highest BCUT2D eigenvalue weighted by atomic mass is 16.5. The van der Waals surface area contributed by atoms with Gasteiger partial charge >= 0.3 is 0 Å². The van der Waals surface area contributed by atoms with Gasteiger partial charge in [-0.2, -0.15) is 0 Å². The number of hydrogen-bond acceptors (Lipinski definition) is 5. The van der Waals surface area contributed by atoms with Crippen molar-refractivity contribution in [1.82, 2.24) is 5.32 Å². The van der Waals surface area contributed by atoms with Crippen LogP contribution in [0.5, 0.6) is 11.5 Å². The molecule has 1 N–H and O–H groups in total. The lowest BCUT2D eigenvalue weighted by molar-refractivity contribution is 0.0912. The molecular weight excluding hydrogens is 296 g/mol. The molecule has 3 rings (SSSR count). The lowest BCUT2D eigenvalue weighted by Gasteiger charge is -2.20. The van der Waals surface area contributed by atoms with E-state index in [1.54, 1.807) is 26.4 Å². The largest absolute Gasteiger partial charge is 0.497 e. The van der Waals surface area contributed by atoms with Gasteiger partial charge < -0.3 is 24.1 Å². The second-order valence-electron chi connectivity index (χ2n) is 5.45. The van der Waals surface area contributed by atoms with E-state index < -0.39 is 0 Å². The van der Waals surface area contributed by atoms with E-state index in [-0.39, 0.29) is 11.9 Å². The van der Waals surface area contributed by atoms with E-state index in [0.717, 1.165) is 36.7 Å². The van der Waals surface area contributed by atoms with Gasteiger partial charge in [-0.05, 0) is 18.6 Å². The smallest absolute Gasteiger partial charge is 0.287 e. The number of furan rings is 1. The molecule has 1 atom stereocenters. The monoisotopic (exact) mass is 316 g/mol. The summed E-state index contributed by atoms with van der Waals surface area (Å²) in [5, 5.41) is 3.00. The molecule has 1 fully saturated rings. The third-order valence-electron chi connectivity index (χ3n) is 3.97. The minimum Gasteiger partial charge on any atom is -0.497 e. The first-order valence-electron chi connectivity index (χ1n) is 7.52. The van der Waals surface area contributed by atoms with Gasteiger partial charge in [0.05, 0.1) is 20.5 Å². The number of anilines is 1. The third kappa shape index (κ3) is 3.41. The van der Waals surface area contributed by atoms with E-state index in [0.29, 0.717) is 5.76 Å². The second-order valence-corrected chi connectivity index (χ2v) is 5.45. The third-order valence-corrected chi connectivity index (χ3v) is 3.97. The molecule has 122 valence electrons. The van der Waals surface area contributed by atoms with Crippen LogP contribution in [0.4, 0.5) is 5.69 Å². The van der Waals surface area contributed by atoms with Crippen molar-refractivity contribution in [2.45, 2.75) is 12.5 Å². The Balaban J connectivity index is 1.66. The Kier molecular flexibility index (Phi) is 4.41. The molecule has 0 aliphatic carbocycles. The van der Waals surface area contributed by atoms with E-state index in [9.17, 15) is 4.79 Å². The summed E-state index contributed by atoms with van der Waals surface area (Å²) in [5.74, 6) is 1.67. The zero-order valence-corrected chi connectivity index (χ0v) is 13.2. The molecule has 1 aromatic carbocycles. The van der Waals surface area contributed by atoms with Gasteiger partial charge in [0.15, 0.2) is 5.76 Å². The van der Waals surface area contributed by atoms with Crippen LogP contribution in [-0.2, 0) is 0 Å². The Hall–Kier alpha value is -2.63. The number of methoxy groups -OCH3 is 2. The van der Waals surface area contributed by atoms with Gasteiger partial charge in [-0.3, -0.25) is 4.79 Å². The number of nitrogens with zero attached hydrogens (tertiary/aromatic N) is 1. The molecule has 1 aromatic heterocycles. The lowest BCUT2D eigenvalue weighted by atomic mass is 10.2. The molecule has 6 heteroatoms. The van der Waals surface area contributed by atoms with Crippen molar-refractivity contribution in [2.75, 3.05) is 32.2 Å². The van der Waals surface area contributed by atoms with Crippen molar-refractivity contribution in [3.63, 3.8) is 0 Å². The molecule has 0 spiro atoms. The Morgan fingerprint density at radius 1 is 1.26 bits per heavy atom. The maximum absolute atomic E-state index is 12.0. The summed E-state index contributed by atoms with van der Waals surface area (Å²) >= 11 is 0. The summed E-state index contributed by atoms with van der Waals surface area (Å²) in [6.45, 7) is 1.60. The molecule has 1 aliphatic rings. The van der Waals surface area contributed by atoms with Gasteiger partial charge in [0.1, 0.15) is 11.5 Å². The molecule has 2 aromatic rings. The number of carbonyl (C=O) groups excluding carboxylic acids is 1. The summed E-state index contributed by atoms with van der Waals surface area (Å²) in [4.78, 5) is 14.2. The highest BCUT2D eigenvalue weighted by Gasteiger charge is 2.25. The number of rotatable bonds is 5. The molecule has 1 aliphatic heterocycles. The van der Waals surface area contributed by atoms with Crippen molar-refractivity contribution in [3.05, 3.63) is 42.4 Å². The van der Waals surface area contributed by atoms with Crippen molar-refractivity contribution in [1.29, 1.82) is 0 Å². The zero-order chi connectivity index (χ0) is 16.2. The van der Waals surface area contributed by atoms with E-state index in [2.05, 4.69) is 10.2 Å². The first-order valence-corrected chi connectivity index (χ1v) is 7.52. The maximum atomic E-state index is 12.0. The number of carbonyl (C=O) groups is 1. The lowest BCUT2D eigenvalue weighted by Crippen LogP contribution is -2.36. The Bertz CT molecular complexity index is 647. The summed E-state index contributed by atoms with van der Waals surface area (Å²) < 4.78 is 15.7. The predicted octanol–water partition coefficient (Wildman–Crippen LogP) is 2.31. The topological polar surface area (TPSA) is 63.9 Å². The highest BCUT2D eigenvalue weighted by molar-refractivity contribution is 5.91. The van der Waals surface area contributed by atoms with Crippen LogP contribution in [0, 0.1) is 0 Å². The van der Waals surface area contributed by atoms with Crippen LogP contribution >= 0.6 is 0 Å². The van der Waals surface area contributed by atoms with E-state index in [1.165, 1.54) is 6.26 Å². The van der Waals surface area contributed by atoms with Crippen LogP contribution in [0.3, 0.4) is 0 Å². The minimum atomic E-state index is -0.176. The summed E-state index contributed by atoms with van der Waals surface area (Å²) in [6.07, 6.45) is 2.38. The predicted molar refractivity (Wildman–Crippen MR) is 86.3 cm³/mol. The van der Waals surface area contributed by atoms with E-state index in [4.69, 9.17) is 13.9 Å². The fourth-order valence-corrected chi connectivity index (χ4v) is 2.75. The van der Waals surface area contributed by atoms with Crippen LogP contribution in [0.1, 0.15) is 17.0 Å². The van der Waals surface area contributed by atoms with Crippen LogP contribution in [-0.4, -0.2) is 39.3 Å². The van der Waals surface area contributed by atoms with Crippen LogP contribution < -0.4 is 19.7 Å². The van der Waals surface area contributed by atoms with Crippen LogP contribution in [0.2, 0.25) is 0 Å².